The zero-order chi connectivity index (χ0) is 15.6. The zero-order valence-electron chi connectivity index (χ0n) is 10.2. The largest absolute Gasteiger partial charge is 0.347 e. The molecular weight excluding hydrogens is 403 g/mol. The molecular formula is C12H7BrCl2N2O3S. The van der Waals surface area contributed by atoms with Crippen molar-refractivity contribution in [3.05, 3.63) is 58.7 Å². The summed E-state index contributed by atoms with van der Waals surface area (Å²) in [5, 5.41) is 15.3. The second-order valence-corrected chi connectivity index (χ2v) is 6.56. The molecule has 0 aliphatic rings. The number of rotatable bonds is 4. The average molecular weight is 410 g/mol. The minimum Gasteiger partial charge on any atom is -0.347 e. The van der Waals surface area contributed by atoms with Gasteiger partial charge in [-0.15, -0.1) is 11.3 Å². The van der Waals surface area contributed by atoms with Crippen LogP contribution in [0, 0.1) is 10.1 Å². The first-order valence-corrected chi connectivity index (χ1v) is 7.96. The molecule has 0 bridgehead atoms. The van der Waals surface area contributed by atoms with Gasteiger partial charge in [0.1, 0.15) is 0 Å². The van der Waals surface area contributed by atoms with E-state index in [0.29, 0.717) is 0 Å². The number of thiophene rings is 1. The maximum atomic E-state index is 12.1. The van der Waals surface area contributed by atoms with Gasteiger partial charge in [-0.05, 0) is 27.4 Å². The van der Waals surface area contributed by atoms with Crippen LogP contribution in [0.3, 0.4) is 0 Å². The highest BCUT2D eigenvalue weighted by atomic mass is 79.9. The molecule has 2 rings (SSSR count). The van der Waals surface area contributed by atoms with Crippen LogP contribution in [0.25, 0.3) is 0 Å². The number of benzene rings is 1. The van der Waals surface area contributed by atoms with Gasteiger partial charge in [0.25, 0.3) is 11.6 Å². The summed E-state index contributed by atoms with van der Waals surface area (Å²) >= 11 is 16.6. The van der Waals surface area contributed by atoms with E-state index in [1.54, 1.807) is 0 Å². The molecule has 1 heterocycles. The molecule has 9 heteroatoms. The van der Waals surface area contributed by atoms with Gasteiger partial charge >= 0.3 is 0 Å². The molecule has 0 radical (unpaired) electrons. The van der Waals surface area contributed by atoms with E-state index in [1.807, 2.05) is 11.4 Å². The number of nitrogens with one attached hydrogen (secondary N) is 1. The van der Waals surface area contributed by atoms with Crippen LogP contribution in [-0.2, 0) is 6.54 Å². The summed E-state index contributed by atoms with van der Waals surface area (Å²) in [6.07, 6.45) is 0. The van der Waals surface area contributed by atoms with Crippen LogP contribution in [0.15, 0.2) is 28.1 Å². The minimum atomic E-state index is -0.630. The molecule has 0 unspecified atom stereocenters. The molecule has 0 saturated heterocycles. The Labute approximate surface area is 142 Å². The predicted octanol–water partition coefficient (Wildman–Crippen LogP) is 4.66. The molecule has 110 valence electrons. The Balaban J connectivity index is 2.22. The lowest BCUT2D eigenvalue weighted by Crippen LogP contribution is -2.23. The summed E-state index contributed by atoms with van der Waals surface area (Å²) in [6, 6.07) is 4.08. The quantitative estimate of drug-likeness (QED) is 0.589. The maximum absolute atomic E-state index is 12.1. The van der Waals surface area contributed by atoms with E-state index in [1.165, 1.54) is 11.3 Å². The van der Waals surface area contributed by atoms with E-state index < -0.39 is 10.8 Å². The molecule has 1 amide bonds. The Morgan fingerprint density at radius 2 is 2.14 bits per heavy atom. The van der Waals surface area contributed by atoms with Gasteiger partial charge in [0.15, 0.2) is 0 Å². The Morgan fingerprint density at radius 3 is 2.71 bits per heavy atom. The second kappa shape index (κ2) is 6.74. The summed E-state index contributed by atoms with van der Waals surface area (Å²) in [4.78, 5) is 23.2. The Bertz CT molecular complexity index is 721. The van der Waals surface area contributed by atoms with Gasteiger partial charge < -0.3 is 5.32 Å². The number of hydrogen-bond acceptors (Lipinski definition) is 4. The molecule has 1 N–H and O–H groups in total. The summed E-state index contributed by atoms with van der Waals surface area (Å²) in [7, 11) is 0. The van der Waals surface area contributed by atoms with E-state index in [0.717, 1.165) is 21.5 Å². The third-order valence-corrected chi connectivity index (χ3v) is 5.30. The Morgan fingerprint density at radius 1 is 1.43 bits per heavy atom. The van der Waals surface area contributed by atoms with E-state index in [2.05, 4.69) is 21.2 Å². The van der Waals surface area contributed by atoms with Crippen LogP contribution < -0.4 is 5.32 Å². The maximum Gasteiger partial charge on any atom is 0.271 e. The molecule has 0 aliphatic carbocycles. The van der Waals surface area contributed by atoms with Crippen LogP contribution in [0.5, 0.6) is 0 Å². The van der Waals surface area contributed by atoms with Crippen LogP contribution in [0.2, 0.25) is 10.0 Å². The molecule has 2 aromatic rings. The van der Waals surface area contributed by atoms with Gasteiger partial charge in [-0.1, -0.05) is 23.2 Å². The third-order valence-electron chi connectivity index (χ3n) is 2.57. The van der Waals surface area contributed by atoms with Gasteiger partial charge in [-0.2, -0.15) is 0 Å². The SMILES string of the molecule is O=C(NCc1sccc1Br)c1cc([N+](=O)[O-])cc(Cl)c1Cl. The molecule has 1 aromatic carbocycles. The lowest BCUT2D eigenvalue weighted by molar-refractivity contribution is -0.384. The number of hydrogen-bond donors (Lipinski definition) is 1. The number of non-ortho nitro benzene ring substituents is 1. The van der Waals surface area contributed by atoms with E-state index in [-0.39, 0.29) is 27.8 Å². The lowest BCUT2D eigenvalue weighted by atomic mass is 10.2. The van der Waals surface area contributed by atoms with Crippen molar-refractivity contribution >= 4 is 62.1 Å². The fourth-order valence-electron chi connectivity index (χ4n) is 1.55. The van der Waals surface area contributed by atoms with Crippen molar-refractivity contribution in [3.63, 3.8) is 0 Å². The van der Waals surface area contributed by atoms with Gasteiger partial charge in [0.2, 0.25) is 0 Å². The first-order chi connectivity index (χ1) is 9.90. The molecule has 1 aromatic heterocycles. The molecule has 0 fully saturated rings. The van der Waals surface area contributed by atoms with Gasteiger partial charge in [-0.3, -0.25) is 14.9 Å². The van der Waals surface area contributed by atoms with Crippen LogP contribution in [-0.4, -0.2) is 10.8 Å². The number of carbonyl (C=O) groups is 1. The summed E-state index contributed by atoms with van der Waals surface area (Å²) in [5.41, 5.74) is -0.310. The fourth-order valence-corrected chi connectivity index (χ4v) is 3.39. The number of nitro benzene ring substituents is 1. The minimum absolute atomic E-state index is 0.00925. The summed E-state index contributed by atoms with van der Waals surface area (Å²) in [5.74, 6) is -0.522. The van der Waals surface area contributed by atoms with E-state index in [9.17, 15) is 14.9 Å². The molecule has 5 nitrogen and oxygen atoms in total. The van der Waals surface area contributed by atoms with Gasteiger partial charge in [0, 0.05) is 21.5 Å². The van der Waals surface area contributed by atoms with E-state index in [4.69, 9.17) is 23.2 Å². The van der Waals surface area contributed by atoms with Crippen molar-refractivity contribution in [1.29, 1.82) is 0 Å². The van der Waals surface area contributed by atoms with Crippen LogP contribution in [0.4, 0.5) is 5.69 Å². The topological polar surface area (TPSA) is 72.2 Å². The highest BCUT2D eigenvalue weighted by Crippen LogP contribution is 2.31. The molecule has 21 heavy (non-hydrogen) atoms. The molecule has 0 saturated carbocycles. The lowest BCUT2D eigenvalue weighted by Gasteiger charge is -2.07. The Hall–Kier alpha value is -1.15. The number of amides is 1. The average Bonchev–Trinajstić information content (AvgIpc) is 2.84. The van der Waals surface area contributed by atoms with Crippen LogP contribution in [0.1, 0.15) is 15.2 Å². The number of nitro groups is 1. The molecule has 0 atom stereocenters. The smallest absolute Gasteiger partial charge is 0.271 e. The normalized spacial score (nSPS) is 10.4. The summed E-state index contributed by atoms with van der Waals surface area (Å²) in [6.45, 7) is 0.285. The summed E-state index contributed by atoms with van der Waals surface area (Å²) < 4.78 is 0.885. The highest BCUT2D eigenvalue weighted by molar-refractivity contribution is 9.10. The zero-order valence-corrected chi connectivity index (χ0v) is 14.1. The van der Waals surface area contributed by atoms with Crippen molar-refractivity contribution in [1.82, 2.24) is 5.32 Å². The standard InChI is InChI=1S/C12H7BrCl2N2O3S/c13-8-1-2-21-10(8)5-16-12(18)7-3-6(17(19)20)4-9(14)11(7)15/h1-4H,5H2,(H,16,18). The first-order valence-electron chi connectivity index (χ1n) is 5.53. The van der Waals surface area contributed by atoms with Crippen molar-refractivity contribution in [2.45, 2.75) is 6.54 Å². The monoisotopic (exact) mass is 408 g/mol. The van der Waals surface area contributed by atoms with Crippen molar-refractivity contribution in [2.75, 3.05) is 0 Å². The molecule has 0 spiro atoms. The number of halogens is 3. The van der Waals surface area contributed by atoms with Crippen molar-refractivity contribution in [2.24, 2.45) is 0 Å². The fraction of sp³-hybridized carbons (Fsp3) is 0.0833. The van der Waals surface area contributed by atoms with Gasteiger partial charge in [0.05, 0.1) is 27.1 Å². The predicted molar refractivity (Wildman–Crippen MR) is 86.3 cm³/mol. The third kappa shape index (κ3) is 3.74. The second-order valence-electron chi connectivity index (χ2n) is 3.92. The van der Waals surface area contributed by atoms with Crippen LogP contribution >= 0.6 is 50.5 Å². The first kappa shape index (κ1) is 16.2. The highest BCUT2D eigenvalue weighted by Gasteiger charge is 2.19. The number of carbonyl (C=O) groups excluding carboxylic acids is 1. The van der Waals surface area contributed by atoms with Crippen molar-refractivity contribution in [3.8, 4) is 0 Å². The van der Waals surface area contributed by atoms with Gasteiger partial charge in [-0.25, -0.2) is 0 Å². The number of nitrogens with zero attached hydrogens (tertiary/aromatic N) is 1. The van der Waals surface area contributed by atoms with E-state index >= 15 is 0 Å². The molecule has 0 aliphatic heterocycles. The van der Waals surface area contributed by atoms with Crippen molar-refractivity contribution < 1.29 is 9.72 Å². The Kier molecular flexibility index (Phi) is 5.21.